The maximum absolute atomic E-state index is 8.65. The van der Waals surface area contributed by atoms with E-state index in [9.17, 15) is 0 Å². The largest absolute Gasteiger partial charge is 0.379 e. The highest BCUT2D eigenvalue weighted by Gasteiger charge is 2.07. The van der Waals surface area contributed by atoms with E-state index in [4.69, 9.17) is 5.26 Å². The Balaban J connectivity index is 1.92. The molecule has 0 amide bonds. The number of rotatable bonds is 7. The van der Waals surface area contributed by atoms with E-state index < -0.39 is 0 Å². The Labute approximate surface area is 126 Å². The molecule has 4 nitrogen and oxygen atoms in total. The van der Waals surface area contributed by atoms with E-state index >= 15 is 0 Å². The van der Waals surface area contributed by atoms with Crippen molar-refractivity contribution in [2.75, 3.05) is 5.32 Å². The lowest BCUT2D eigenvalue weighted by atomic mass is 10.1. The zero-order chi connectivity index (χ0) is 15.1. The van der Waals surface area contributed by atoms with Gasteiger partial charge in [0.2, 0.25) is 0 Å². The van der Waals surface area contributed by atoms with Gasteiger partial charge in [-0.25, -0.2) is 0 Å². The molecule has 0 aliphatic carbocycles. The topological polar surface area (TPSA) is 53.6 Å². The molecule has 1 aromatic heterocycles. The van der Waals surface area contributed by atoms with Crippen molar-refractivity contribution in [2.45, 2.75) is 45.7 Å². The zero-order valence-electron chi connectivity index (χ0n) is 12.7. The van der Waals surface area contributed by atoms with Gasteiger partial charge >= 0.3 is 0 Å². The SMILES string of the molecule is CCC(CC)n1ccc(CNc2ccc(CC#N)cc2)n1. The van der Waals surface area contributed by atoms with Crippen molar-refractivity contribution in [3.05, 3.63) is 47.8 Å². The summed E-state index contributed by atoms with van der Waals surface area (Å²) < 4.78 is 2.06. The van der Waals surface area contributed by atoms with Crippen molar-refractivity contribution in [3.63, 3.8) is 0 Å². The van der Waals surface area contributed by atoms with Crippen LogP contribution in [0, 0.1) is 11.3 Å². The lowest BCUT2D eigenvalue weighted by molar-refractivity contribution is 0.426. The van der Waals surface area contributed by atoms with Gasteiger partial charge in [0, 0.05) is 11.9 Å². The number of benzene rings is 1. The second kappa shape index (κ2) is 7.49. The number of anilines is 1. The van der Waals surface area contributed by atoms with Gasteiger partial charge in [-0.2, -0.15) is 10.4 Å². The fraction of sp³-hybridized carbons (Fsp3) is 0.412. The van der Waals surface area contributed by atoms with Gasteiger partial charge in [-0.1, -0.05) is 26.0 Å². The summed E-state index contributed by atoms with van der Waals surface area (Å²) in [7, 11) is 0. The van der Waals surface area contributed by atoms with Crippen molar-refractivity contribution < 1.29 is 0 Å². The lowest BCUT2D eigenvalue weighted by Crippen LogP contribution is -2.09. The Morgan fingerprint density at radius 3 is 2.52 bits per heavy atom. The number of hydrogen-bond acceptors (Lipinski definition) is 3. The normalized spacial score (nSPS) is 10.6. The Hall–Kier alpha value is -2.28. The Morgan fingerprint density at radius 1 is 1.19 bits per heavy atom. The van der Waals surface area contributed by atoms with E-state index in [1.54, 1.807) is 0 Å². The molecular weight excluding hydrogens is 260 g/mol. The van der Waals surface area contributed by atoms with Crippen molar-refractivity contribution >= 4 is 5.69 Å². The van der Waals surface area contributed by atoms with Crippen LogP contribution in [0.25, 0.3) is 0 Å². The van der Waals surface area contributed by atoms with Gasteiger partial charge in [0.25, 0.3) is 0 Å². The first-order valence-corrected chi connectivity index (χ1v) is 7.50. The first-order valence-electron chi connectivity index (χ1n) is 7.50. The molecule has 0 aliphatic rings. The van der Waals surface area contributed by atoms with E-state index in [1.165, 1.54) is 0 Å². The summed E-state index contributed by atoms with van der Waals surface area (Å²) in [5.74, 6) is 0. The summed E-state index contributed by atoms with van der Waals surface area (Å²) in [6.07, 6.45) is 4.72. The molecule has 0 fully saturated rings. The second-order valence-corrected chi connectivity index (χ2v) is 5.14. The van der Waals surface area contributed by atoms with Crippen LogP contribution in [-0.4, -0.2) is 9.78 Å². The number of aromatic nitrogens is 2. The smallest absolute Gasteiger partial charge is 0.0815 e. The lowest BCUT2D eigenvalue weighted by Gasteiger charge is -2.12. The van der Waals surface area contributed by atoms with Crippen LogP contribution in [0.3, 0.4) is 0 Å². The van der Waals surface area contributed by atoms with Crippen LogP contribution in [0.4, 0.5) is 5.69 Å². The molecule has 1 heterocycles. The first-order chi connectivity index (χ1) is 10.3. The molecule has 110 valence electrons. The number of hydrogen-bond donors (Lipinski definition) is 1. The summed E-state index contributed by atoms with van der Waals surface area (Å²) >= 11 is 0. The van der Waals surface area contributed by atoms with Gasteiger partial charge in [0.15, 0.2) is 0 Å². The van der Waals surface area contributed by atoms with Gasteiger partial charge in [-0.3, -0.25) is 4.68 Å². The van der Waals surface area contributed by atoms with Crippen LogP contribution in [0.5, 0.6) is 0 Å². The number of nitrogens with one attached hydrogen (secondary N) is 1. The average molecular weight is 282 g/mol. The molecule has 1 N–H and O–H groups in total. The van der Waals surface area contributed by atoms with Crippen molar-refractivity contribution in [3.8, 4) is 6.07 Å². The summed E-state index contributed by atoms with van der Waals surface area (Å²) in [6.45, 7) is 5.10. The third kappa shape index (κ3) is 4.09. The summed E-state index contributed by atoms with van der Waals surface area (Å²) in [4.78, 5) is 0. The fourth-order valence-corrected chi connectivity index (χ4v) is 2.36. The highest BCUT2D eigenvalue weighted by molar-refractivity contribution is 5.45. The standard InChI is InChI=1S/C17H22N4/c1-3-17(4-2)21-12-10-16(20-21)13-19-15-7-5-14(6-8-15)9-11-18/h5-8,10,12,17,19H,3-4,9,13H2,1-2H3. The first kappa shape index (κ1) is 15.1. The average Bonchev–Trinajstić information content (AvgIpc) is 2.97. The minimum absolute atomic E-state index is 0.458. The molecule has 0 aliphatic heterocycles. The summed E-state index contributed by atoms with van der Waals surface area (Å²) in [5, 5.41) is 16.6. The van der Waals surface area contributed by atoms with Crippen LogP contribution < -0.4 is 5.32 Å². The highest BCUT2D eigenvalue weighted by atomic mass is 15.3. The van der Waals surface area contributed by atoms with Crippen molar-refractivity contribution in [2.24, 2.45) is 0 Å². The third-order valence-electron chi connectivity index (χ3n) is 3.69. The van der Waals surface area contributed by atoms with Gasteiger partial charge in [0.05, 0.1) is 30.8 Å². The Morgan fingerprint density at radius 2 is 1.90 bits per heavy atom. The zero-order valence-corrected chi connectivity index (χ0v) is 12.7. The molecule has 0 saturated heterocycles. The quantitative estimate of drug-likeness (QED) is 0.837. The maximum Gasteiger partial charge on any atom is 0.0815 e. The maximum atomic E-state index is 8.65. The van der Waals surface area contributed by atoms with Crippen molar-refractivity contribution in [1.82, 2.24) is 9.78 Å². The van der Waals surface area contributed by atoms with Crippen LogP contribution in [0.1, 0.15) is 44.0 Å². The summed E-state index contributed by atoms with van der Waals surface area (Å²) in [6, 6.07) is 12.7. The molecule has 21 heavy (non-hydrogen) atoms. The van der Waals surface area contributed by atoms with E-state index in [1.807, 2.05) is 24.3 Å². The molecule has 0 radical (unpaired) electrons. The molecule has 0 saturated carbocycles. The Bertz CT molecular complexity index is 588. The van der Waals surface area contributed by atoms with E-state index in [0.29, 0.717) is 19.0 Å². The van der Waals surface area contributed by atoms with Gasteiger partial charge < -0.3 is 5.32 Å². The number of nitriles is 1. The van der Waals surface area contributed by atoms with Crippen LogP contribution in [0.15, 0.2) is 36.5 Å². The molecule has 1 aromatic carbocycles. The fourth-order valence-electron chi connectivity index (χ4n) is 2.36. The molecule has 4 heteroatoms. The van der Waals surface area contributed by atoms with Crippen LogP contribution >= 0.6 is 0 Å². The van der Waals surface area contributed by atoms with E-state index in [-0.39, 0.29) is 0 Å². The molecule has 0 unspecified atom stereocenters. The predicted octanol–water partition coefficient (Wildman–Crippen LogP) is 3.92. The predicted molar refractivity (Wildman–Crippen MR) is 84.9 cm³/mol. The summed E-state index contributed by atoms with van der Waals surface area (Å²) in [5.41, 5.74) is 3.14. The third-order valence-corrected chi connectivity index (χ3v) is 3.69. The van der Waals surface area contributed by atoms with Crippen LogP contribution in [0.2, 0.25) is 0 Å². The minimum Gasteiger partial charge on any atom is -0.379 e. The Kier molecular flexibility index (Phi) is 5.39. The number of nitrogens with zero attached hydrogens (tertiary/aromatic N) is 3. The second-order valence-electron chi connectivity index (χ2n) is 5.14. The van der Waals surface area contributed by atoms with Crippen LogP contribution in [-0.2, 0) is 13.0 Å². The van der Waals surface area contributed by atoms with Gasteiger partial charge in [0.1, 0.15) is 0 Å². The van der Waals surface area contributed by atoms with Gasteiger partial charge in [-0.05, 0) is 36.6 Å². The highest BCUT2D eigenvalue weighted by Crippen LogP contribution is 2.15. The monoisotopic (exact) mass is 282 g/mol. The molecule has 2 rings (SSSR count). The molecule has 2 aromatic rings. The molecule has 0 bridgehead atoms. The van der Waals surface area contributed by atoms with E-state index in [0.717, 1.165) is 29.8 Å². The van der Waals surface area contributed by atoms with Gasteiger partial charge in [-0.15, -0.1) is 0 Å². The van der Waals surface area contributed by atoms with Crippen molar-refractivity contribution in [1.29, 1.82) is 5.26 Å². The minimum atomic E-state index is 0.458. The van der Waals surface area contributed by atoms with E-state index in [2.05, 4.69) is 47.3 Å². The molecular formula is C17H22N4. The molecule has 0 spiro atoms. The molecule has 0 atom stereocenters.